The first-order valence-corrected chi connectivity index (χ1v) is 12.0. The molecule has 0 aliphatic heterocycles. The Hall–Kier alpha value is -4.69. The zero-order chi connectivity index (χ0) is 22.9. The first-order chi connectivity index (χ1) is 17.4. The maximum Gasteiger partial charge on any atom is 0.0651 e. The van der Waals surface area contributed by atoms with Crippen molar-refractivity contribution in [2.75, 3.05) is 0 Å². The molecule has 7 aromatic rings. The quantitative estimate of drug-likeness (QED) is 0.261. The van der Waals surface area contributed by atoms with Gasteiger partial charge in [0, 0.05) is 28.1 Å². The molecule has 162 valence electrons. The first-order valence-electron chi connectivity index (χ1n) is 12.0. The van der Waals surface area contributed by atoms with Crippen LogP contribution in [0.15, 0.2) is 122 Å². The van der Waals surface area contributed by atoms with Crippen molar-refractivity contribution in [1.82, 2.24) is 9.55 Å². The van der Waals surface area contributed by atoms with Gasteiger partial charge in [-0.1, -0.05) is 91.0 Å². The summed E-state index contributed by atoms with van der Waals surface area (Å²) in [5.41, 5.74) is 11.1. The fourth-order valence-corrected chi connectivity index (χ4v) is 5.96. The molecule has 8 rings (SSSR count). The second kappa shape index (κ2) is 6.91. The van der Waals surface area contributed by atoms with Crippen molar-refractivity contribution in [2.45, 2.75) is 0 Å². The topological polar surface area (TPSA) is 17.8 Å². The Bertz CT molecular complexity index is 1940. The second-order valence-corrected chi connectivity index (χ2v) is 9.24. The lowest BCUT2D eigenvalue weighted by Gasteiger charge is -2.10. The van der Waals surface area contributed by atoms with E-state index in [1.54, 1.807) is 0 Å². The van der Waals surface area contributed by atoms with Gasteiger partial charge in [-0.15, -0.1) is 0 Å². The molecule has 0 saturated heterocycles. The zero-order valence-electron chi connectivity index (χ0n) is 18.9. The van der Waals surface area contributed by atoms with Gasteiger partial charge in [0.1, 0.15) is 0 Å². The van der Waals surface area contributed by atoms with Gasteiger partial charge in [0.15, 0.2) is 0 Å². The van der Waals surface area contributed by atoms with Crippen LogP contribution in [0.1, 0.15) is 0 Å². The molecule has 0 unspecified atom stereocenters. The highest BCUT2D eigenvalue weighted by atomic mass is 15.0. The van der Waals surface area contributed by atoms with Crippen LogP contribution in [0.25, 0.3) is 71.6 Å². The van der Waals surface area contributed by atoms with Crippen LogP contribution in [0.5, 0.6) is 0 Å². The van der Waals surface area contributed by atoms with Crippen LogP contribution in [0.4, 0.5) is 0 Å². The van der Waals surface area contributed by atoms with Gasteiger partial charge >= 0.3 is 0 Å². The third kappa shape index (κ3) is 2.51. The summed E-state index contributed by atoms with van der Waals surface area (Å²) in [6, 6.07) is 39.4. The molecule has 35 heavy (non-hydrogen) atoms. The van der Waals surface area contributed by atoms with E-state index >= 15 is 0 Å². The number of benzene rings is 5. The predicted molar refractivity (Wildman–Crippen MR) is 146 cm³/mol. The van der Waals surface area contributed by atoms with Crippen LogP contribution in [-0.4, -0.2) is 9.55 Å². The molecule has 0 bridgehead atoms. The fourth-order valence-electron chi connectivity index (χ4n) is 5.96. The van der Waals surface area contributed by atoms with E-state index in [0.717, 1.165) is 11.3 Å². The minimum atomic E-state index is 1.08. The molecule has 0 fully saturated rings. The van der Waals surface area contributed by atoms with E-state index in [1.165, 1.54) is 60.4 Å². The number of fused-ring (bicyclic) bond motifs is 7. The van der Waals surface area contributed by atoms with Crippen LogP contribution in [0.2, 0.25) is 0 Å². The van der Waals surface area contributed by atoms with Crippen LogP contribution < -0.4 is 0 Å². The molecule has 0 saturated carbocycles. The molecule has 0 atom stereocenters. The van der Waals surface area contributed by atoms with E-state index in [4.69, 9.17) is 0 Å². The highest BCUT2D eigenvalue weighted by Gasteiger charge is 2.26. The molecule has 5 aromatic carbocycles. The monoisotopic (exact) mass is 444 g/mol. The molecule has 0 amide bonds. The number of aromatic nitrogens is 2. The summed E-state index contributed by atoms with van der Waals surface area (Å²) >= 11 is 0. The zero-order valence-corrected chi connectivity index (χ0v) is 18.9. The summed E-state index contributed by atoms with van der Waals surface area (Å²) in [7, 11) is 0. The number of hydrogen-bond acceptors (Lipinski definition) is 1. The highest BCUT2D eigenvalue weighted by Crippen LogP contribution is 2.52. The average Bonchev–Trinajstić information content (AvgIpc) is 3.44. The average molecular weight is 445 g/mol. The number of nitrogens with zero attached hydrogens (tertiary/aromatic N) is 2. The van der Waals surface area contributed by atoms with Crippen molar-refractivity contribution in [3.05, 3.63) is 122 Å². The van der Waals surface area contributed by atoms with E-state index in [1.807, 2.05) is 18.5 Å². The second-order valence-electron chi connectivity index (χ2n) is 9.24. The van der Waals surface area contributed by atoms with Crippen LogP contribution in [-0.2, 0) is 0 Å². The summed E-state index contributed by atoms with van der Waals surface area (Å²) in [6.07, 6.45) is 3.92. The summed E-state index contributed by atoms with van der Waals surface area (Å²) in [5, 5.41) is 5.25. The van der Waals surface area contributed by atoms with Gasteiger partial charge in [0.05, 0.1) is 22.9 Å². The molecule has 0 spiro atoms. The van der Waals surface area contributed by atoms with Gasteiger partial charge in [-0.25, -0.2) is 0 Å². The number of pyridine rings is 1. The number of hydrogen-bond donors (Lipinski definition) is 0. The third-order valence-corrected chi connectivity index (χ3v) is 7.39. The molecule has 0 radical (unpaired) electrons. The van der Waals surface area contributed by atoms with Gasteiger partial charge in [0.25, 0.3) is 0 Å². The molecule has 1 aliphatic carbocycles. The standard InChI is InChI=1S/C33H20N2/c1-2-8-21(9-3-1)23-18-24(20-34-19-23)35-29-15-5-4-12-27(29)33-30(35)17-16-26-25-13-6-10-22-11-7-14-28(31(22)25)32(26)33/h1-20H. The third-order valence-electron chi connectivity index (χ3n) is 7.39. The predicted octanol–water partition coefficient (Wildman–Crippen LogP) is 8.65. The van der Waals surface area contributed by atoms with Crippen LogP contribution in [0, 0.1) is 0 Å². The van der Waals surface area contributed by atoms with E-state index in [9.17, 15) is 0 Å². The van der Waals surface area contributed by atoms with Gasteiger partial charge in [-0.2, -0.15) is 0 Å². The van der Waals surface area contributed by atoms with E-state index in [0.29, 0.717) is 0 Å². The number of rotatable bonds is 2. The highest BCUT2D eigenvalue weighted by molar-refractivity contribution is 6.26. The SMILES string of the molecule is c1ccc(-c2cncc(-n3c4ccccc4c4c5c(ccc43)-c3cccc4cccc-5c34)c2)cc1. The lowest BCUT2D eigenvalue weighted by Crippen LogP contribution is -1.95. The molecule has 2 aromatic heterocycles. The van der Waals surface area contributed by atoms with Gasteiger partial charge < -0.3 is 4.57 Å². The lowest BCUT2D eigenvalue weighted by atomic mass is 9.98. The van der Waals surface area contributed by atoms with E-state index < -0.39 is 0 Å². The van der Waals surface area contributed by atoms with Crippen molar-refractivity contribution in [3.63, 3.8) is 0 Å². The van der Waals surface area contributed by atoms with E-state index in [-0.39, 0.29) is 0 Å². The molecule has 2 heteroatoms. The van der Waals surface area contributed by atoms with Crippen molar-refractivity contribution in [1.29, 1.82) is 0 Å². The normalized spacial score (nSPS) is 12.0. The fraction of sp³-hybridized carbons (Fsp3) is 0. The van der Waals surface area contributed by atoms with Gasteiger partial charge in [0.2, 0.25) is 0 Å². The van der Waals surface area contributed by atoms with E-state index in [2.05, 4.69) is 113 Å². The Morgan fingerprint density at radius 1 is 0.514 bits per heavy atom. The molecule has 2 nitrogen and oxygen atoms in total. The lowest BCUT2D eigenvalue weighted by molar-refractivity contribution is 1.14. The molecule has 2 heterocycles. The Labute approximate surface area is 202 Å². The van der Waals surface area contributed by atoms with Crippen LogP contribution >= 0.6 is 0 Å². The smallest absolute Gasteiger partial charge is 0.0651 e. The largest absolute Gasteiger partial charge is 0.308 e. The number of para-hydroxylation sites is 1. The minimum absolute atomic E-state index is 1.08. The van der Waals surface area contributed by atoms with Crippen molar-refractivity contribution < 1.29 is 0 Å². The minimum Gasteiger partial charge on any atom is -0.308 e. The Morgan fingerprint density at radius 2 is 1.31 bits per heavy atom. The summed E-state index contributed by atoms with van der Waals surface area (Å²) in [6.45, 7) is 0. The molecule has 1 aliphatic rings. The maximum absolute atomic E-state index is 4.65. The van der Waals surface area contributed by atoms with Gasteiger partial charge in [-0.3, -0.25) is 4.98 Å². The Balaban J connectivity index is 1.48. The van der Waals surface area contributed by atoms with Gasteiger partial charge in [-0.05, 0) is 51.2 Å². The Morgan fingerprint density at radius 3 is 2.20 bits per heavy atom. The van der Waals surface area contributed by atoms with Crippen molar-refractivity contribution in [2.24, 2.45) is 0 Å². The molecular formula is C33H20N2. The summed E-state index contributed by atoms with van der Waals surface area (Å²) in [5.74, 6) is 0. The van der Waals surface area contributed by atoms with Crippen LogP contribution in [0.3, 0.4) is 0 Å². The summed E-state index contributed by atoms with van der Waals surface area (Å²) in [4.78, 5) is 4.65. The molecular weight excluding hydrogens is 424 g/mol. The summed E-state index contributed by atoms with van der Waals surface area (Å²) < 4.78 is 2.37. The Kier molecular flexibility index (Phi) is 3.69. The maximum atomic E-state index is 4.65. The first kappa shape index (κ1) is 18.7. The van der Waals surface area contributed by atoms with Crippen molar-refractivity contribution in [3.8, 4) is 39.1 Å². The van der Waals surface area contributed by atoms with Crippen molar-refractivity contribution >= 4 is 32.6 Å². The molecule has 0 N–H and O–H groups in total.